The van der Waals surface area contributed by atoms with Crippen LogP contribution in [0.25, 0.3) is 0 Å². The normalized spacial score (nSPS) is 13.8. The molecular formula is C19H22Cl2N2O3S. The zero-order valence-corrected chi connectivity index (χ0v) is 17.4. The van der Waals surface area contributed by atoms with E-state index in [-0.39, 0.29) is 27.4 Å². The molecule has 1 amide bonds. The largest absolute Gasteiger partial charge is 0.352 e. The van der Waals surface area contributed by atoms with Gasteiger partial charge in [-0.05, 0) is 43.5 Å². The SMILES string of the molecule is CC[C@H](C)NC(=O)[C@@H](Cc1ccccc1)NS(=O)(=O)c1cc(Cl)ccc1Cl. The molecule has 2 aromatic carbocycles. The number of hydrogen-bond acceptors (Lipinski definition) is 3. The van der Waals surface area contributed by atoms with Crippen LogP contribution in [0.2, 0.25) is 10.0 Å². The monoisotopic (exact) mass is 428 g/mol. The smallest absolute Gasteiger partial charge is 0.242 e. The van der Waals surface area contributed by atoms with Gasteiger partial charge in [0.1, 0.15) is 10.9 Å². The quantitative estimate of drug-likeness (QED) is 0.671. The summed E-state index contributed by atoms with van der Waals surface area (Å²) in [5.41, 5.74) is 0.835. The summed E-state index contributed by atoms with van der Waals surface area (Å²) in [7, 11) is -4.05. The zero-order chi connectivity index (χ0) is 20.0. The van der Waals surface area contributed by atoms with Crippen molar-refractivity contribution in [3.05, 3.63) is 64.1 Å². The lowest BCUT2D eigenvalue weighted by molar-refractivity contribution is -0.123. The van der Waals surface area contributed by atoms with Gasteiger partial charge in [0.15, 0.2) is 0 Å². The molecule has 0 unspecified atom stereocenters. The molecule has 2 N–H and O–H groups in total. The van der Waals surface area contributed by atoms with Gasteiger partial charge in [-0.15, -0.1) is 0 Å². The first kappa shape index (κ1) is 21.7. The van der Waals surface area contributed by atoms with Crippen LogP contribution < -0.4 is 10.0 Å². The Hall–Kier alpha value is -1.60. The summed E-state index contributed by atoms with van der Waals surface area (Å²) >= 11 is 11.9. The van der Waals surface area contributed by atoms with Gasteiger partial charge in [0, 0.05) is 11.1 Å². The fraction of sp³-hybridized carbons (Fsp3) is 0.316. The third-order valence-corrected chi connectivity index (χ3v) is 6.27. The Morgan fingerprint density at radius 2 is 1.78 bits per heavy atom. The van der Waals surface area contributed by atoms with Crippen molar-refractivity contribution in [2.45, 2.75) is 43.7 Å². The third kappa shape index (κ3) is 6.21. The van der Waals surface area contributed by atoms with Crippen molar-refractivity contribution < 1.29 is 13.2 Å². The highest BCUT2D eigenvalue weighted by molar-refractivity contribution is 7.89. The minimum absolute atomic E-state index is 0.0349. The molecule has 0 heterocycles. The highest BCUT2D eigenvalue weighted by atomic mass is 35.5. The predicted octanol–water partition coefficient (Wildman–Crippen LogP) is 3.80. The minimum atomic E-state index is -4.05. The summed E-state index contributed by atoms with van der Waals surface area (Å²) in [6.07, 6.45) is 0.942. The average molecular weight is 429 g/mol. The Balaban J connectivity index is 2.32. The topological polar surface area (TPSA) is 75.3 Å². The van der Waals surface area contributed by atoms with Gasteiger partial charge >= 0.3 is 0 Å². The van der Waals surface area contributed by atoms with Gasteiger partial charge in [-0.25, -0.2) is 8.42 Å². The highest BCUT2D eigenvalue weighted by Crippen LogP contribution is 2.25. The molecule has 2 aromatic rings. The van der Waals surface area contributed by atoms with E-state index in [1.807, 2.05) is 44.2 Å². The molecule has 0 fully saturated rings. The maximum Gasteiger partial charge on any atom is 0.242 e. The lowest BCUT2D eigenvalue weighted by Crippen LogP contribution is -2.50. The maximum absolute atomic E-state index is 12.8. The molecule has 0 saturated carbocycles. The van der Waals surface area contributed by atoms with Gasteiger partial charge in [0.05, 0.1) is 5.02 Å². The van der Waals surface area contributed by atoms with Crippen molar-refractivity contribution in [1.82, 2.24) is 10.0 Å². The summed E-state index contributed by atoms with van der Waals surface area (Å²) in [6, 6.07) is 12.3. The van der Waals surface area contributed by atoms with Crippen LogP contribution in [-0.4, -0.2) is 26.4 Å². The molecule has 0 radical (unpaired) electrons. The molecule has 0 aliphatic heterocycles. The fourth-order valence-electron chi connectivity index (χ4n) is 2.42. The summed E-state index contributed by atoms with van der Waals surface area (Å²) in [5, 5.41) is 3.10. The minimum Gasteiger partial charge on any atom is -0.352 e. The third-order valence-electron chi connectivity index (χ3n) is 4.08. The molecule has 0 aromatic heterocycles. The number of amides is 1. The average Bonchev–Trinajstić information content (AvgIpc) is 2.63. The highest BCUT2D eigenvalue weighted by Gasteiger charge is 2.28. The summed E-state index contributed by atoms with van der Waals surface area (Å²) in [4.78, 5) is 12.5. The first-order chi connectivity index (χ1) is 12.7. The number of benzene rings is 2. The van der Waals surface area contributed by atoms with Gasteiger partial charge in [-0.3, -0.25) is 4.79 Å². The Morgan fingerprint density at radius 3 is 2.41 bits per heavy atom. The van der Waals surface area contributed by atoms with Crippen molar-refractivity contribution in [3.8, 4) is 0 Å². The summed E-state index contributed by atoms with van der Waals surface area (Å²) < 4.78 is 28.1. The molecule has 0 bridgehead atoms. The van der Waals surface area contributed by atoms with Crippen molar-refractivity contribution in [1.29, 1.82) is 0 Å². The number of rotatable bonds is 8. The van der Waals surface area contributed by atoms with Gasteiger partial charge < -0.3 is 5.32 Å². The van der Waals surface area contributed by atoms with Gasteiger partial charge in [-0.1, -0.05) is 60.5 Å². The fourth-order valence-corrected chi connectivity index (χ4v) is 4.37. The molecule has 5 nitrogen and oxygen atoms in total. The number of nitrogens with one attached hydrogen (secondary N) is 2. The van der Waals surface area contributed by atoms with E-state index < -0.39 is 22.0 Å². The second kappa shape index (κ2) is 9.55. The van der Waals surface area contributed by atoms with E-state index in [1.165, 1.54) is 18.2 Å². The van der Waals surface area contributed by atoms with E-state index in [4.69, 9.17) is 23.2 Å². The van der Waals surface area contributed by atoms with Gasteiger partial charge in [-0.2, -0.15) is 4.72 Å². The molecule has 0 aliphatic carbocycles. The second-order valence-electron chi connectivity index (χ2n) is 6.26. The molecular weight excluding hydrogens is 407 g/mol. The van der Waals surface area contributed by atoms with Crippen LogP contribution in [0.15, 0.2) is 53.4 Å². The Morgan fingerprint density at radius 1 is 1.11 bits per heavy atom. The second-order valence-corrected chi connectivity index (χ2v) is 8.78. The summed E-state index contributed by atoms with van der Waals surface area (Å²) in [6.45, 7) is 3.80. The van der Waals surface area contributed by atoms with Crippen LogP contribution in [0.5, 0.6) is 0 Å². The van der Waals surface area contributed by atoms with E-state index in [1.54, 1.807) is 0 Å². The molecule has 0 aliphatic rings. The van der Waals surface area contributed by atoms with E-state index in [0.29, 0.717) is 0 Å². The molecule has 0 spiro atoms. The molecule has 2 rings (SSSR count). The van der Waals surface area contributed by atoms with E-state index in [9.17, 15) is 13.2 Å². The van der Waals surface area contributed by atoms with Crippen molar-refractivity contribution >= 4 is 39.1 Å². The maximum atomic E-state index is 12.8. The van der Waals surface area contributed by atoms with E-state index in [2.05, 4.69) is 10.0 Å². The lowest BCUT2D eigenvalue weighted by Gasteiger charge is -2.21. The standard InChI is InChI=1S/C19H22Cl2N2O3S/c1-3-13(2)22-19(24)17(11-14-7-5-4-6-8-14)23-27(25,26)18-12-15(20)9-10-16(18)21/h4-10,12-13,17,23H,3,11H2,1-2H3,(H,22,24)/t13-,17+/m0/s1. The molecule has 8 heteroatoms. The van der Waals surface area contributed by atoms with Gasteiger partial charge in [0.2, 0.25) is 15.9 Å². The summed E-state index contributed by atoms with van der Waals surface area (Å²) in [5.74, 6) is -0.394. The van der Waals surface area contributed by atoms with Crippen LogP contribution in [-0.2, 0) is 21.2 Å². The Labute approximate surface area is 170 Å². The number of carbonyl (C=O) groups excluding carboxylic acids is 1. The van der Waals surface area contributed by atoms with Crippen LogP contribution in [0.1, 0.15) is 25.8 Å². The van der Waals surface area contributed by atoms with Crippen LogP contribution >= 0.6 is 23.2 Å². The zero-order valence-electron chi connectivity index (χ0n) is 15.1. The Kier molecular flexibility index (Phi) is 7.68. The molecule has 2 atom stereocenters. The van der Waals surface area contributed by atoms with E-state index >= 15 is 0 Å². The number of carbonyl (C=O) groups is 1. The molecule has 0 saturated heterocycles. The van der Waals surface area contributed by atoms with Crippen molar-refractivity contribution in [2.24, 2.45) is 0 Å². The van der Waals surface area contributed by atoms with Crippen LogP contribution in [0.4, 0.5) is 0 Å². The van der Waals surface area contributed by atoms with Crippen LogP contribution in [0.3, 0.4) is 0 Å². The Bertz CT molecular complexity index is 889. The number of hydrogen-bond donors (Lipinski definition) is 2. The molecule has 146 valence electrons. The van der Waals surface area contributed by atoms with Gasteiger partial charge in [0.25, 0.3) is 0 Å². The van der Waals surface area contributed by atoms with E-state index in [0.717, 1.165) is 12.0 Å². The number of halogens is 2. The first-order valence-electron chi connectivity index (χ1n) is 8.54. The lowest BCUT2D eigenvalue weighted by atomic mass is 10.1. The van der Waals surface area contributed by atoms with Crippen molar-refractivity contribution in [3.63, 3.8) is 0 Å². The number of sulfonamides is 1. The van der Waals surface area contributed by atoms with Crippen molar-refractivity contribution in [2.75, 3.05) is 0 Å². The first-order valence-corrected chi connectivity index (χ1v) is 10.8. The van der Waals surface area contributed by atoms with Crippen LogP contribution in [0, 0.1) is 0 Å². The predicted molar refractivity (Wildman–Crippen MR) is 109 cm³/mol. The molecule has 27 heavy (non-hydrogen) atoms.